The monoisotopic (exact) mass is 210 g/mol. The van der Waals surface area contributed by atoms with Gasteiger partial charge in [-0.3, -0.25) is 0 Å². The normalized spacial score (nSPS) is 40.3. The first-order chi connectivity index (χ1) is 7.82. The highest BCUT2D eigenvalue weighted by atomic mass is 14.4. The maximum Gasteiger partial charge on any atom is 0.0275 e. The first-order valence-corrected chi connectivity index (χ1v) is 6.82. The molecule has 0 nitrogen and oxygen atoms in total. The van der Waals surface area contributed by atoms with Gasteiger partial charge in [-0.05, 0) is 42.4 Å². The summed E-state index contributed by atoms with van der Waals surface area (Å²) in [4.78, 5) is 0. The van der Waals surface area contributed by atoms with Crippen molar-refractivity contribution in [3.8, 4) is 0 Å². The molecule has 0 spiro atoms. The maximum absolute atomic E-state index is 8.56. The van der Waals surface area contributed by atoms with Crippen LogP contribution in [0, 0.1) is 23.2 Å². The highest BCUT2D eigenvalue weighted by Gasteiger charge is 2.33. The molecule has 0 aromatic rings. The van der Waals surface area contributed by atoms with Gasteiger partial charge in [0, 0.05) is 2.74 Å². The van der Waals surface area contributed by atoms with Gasteiger partial charge in [0.05, 0.1) is 0 Å². The fourth-order valence-corrected chi connectivity index (χ4v) is 3.50. The minimum absolute atomic E-state index is 0.225. The lowest BCUT2D eigenvalue weighted by Crippen LogP contribution is -2.30. The summed E-state index contributed by atoms with van der Waals surface area (Å²) in [6, 6.07) is 0. The third kappa shape index (κ3) is 3.23. The van der Waals surface area contributed by atoms with Gasteiger partial charge >= 0.3 is 0 Å². The Morgan fingerprint density at radius 2 is 1.80 bits per heavy atom. The molecule has 0 aromatic carbocycles. The van der Waals surface area contributed by atoms with E-state index in [0.29, 0.717) is 11.8 Å². The van der Waals surface area contributed by atoms with Gasteiger partial charge in [0.1, 0.15) is 0 Å². The van der Waals surface area contributed by atoms with Crippen LogP contribution < -0.4 is 0 Å². The molecule has 0 aromatic heterocycles. The molecule has 3 rings (SSSR count). The Balaban J connectivity index is 2.19. The quantitative estimate of drug-likeness (QED) is 0.569. The van der Waals surface area contributed by atoms with Crippen molar-refractivity contribution in [2.45, 2.75) is 72.1 Å². The fraction of sp³-hybridized carbons (Fsp3) is 1.00. The van der Waals surface area contributed by atoms with Crippen molar-refractivity contribution in [2.75, 3.05) is 0 Å². The van der Waals surface area contributed by atoms with Gasteiger partial charge in [-0.1, -0.05) is 52.9 Å². The third-order valence-corrected chi connectivity index (χ3v) is 4.16. The topological polar surface area (TPSA) is 0 Å². The summed E-state index contributed by atoms with van der Waals surface area (Å²) < 4.78 is 17.1. The fourth-order valence-electron chi connectivity index (χ4n) is 3.50. The minimum atomic E-state index is -1.01. The number of hydrogen-bond donors (Lipinski definition) is 0. The lowest BCUT2D eigenvalue weighted by Gasteiger charge is -2.41. The molecule has 0 saturated heterocycles. The largest absolute Gasteiger partial charge is 0.0602 e. The van der Waals surface area contributed by atoms with E-state index in [4.69, 9.17) is 2.74 Å². The van der Waals surface area contributed by atoms with Crippen molar-refractivity contribution < 1.29 is 2.74 Å². The molecule has 88 valence electrons. The molecule has 0 heterocycles. The Bertz CT molecular complexity index is 261. The average Bonchev–Trinajstić information content (AvgIpc) is 2.16. The van der Waals surface area contributed by atoms with Crippen LogP contribution in [0.4, 0.5) is 0 Å². The van der Waals surface area contributed by atoms with Crippen LogP contribution >= 0.6 is 0 Å². The molecule has 0 aliphatic heterocycles. The van der Waals surface area contributed by atoms with E-state index >= 15 is 0 Å². The molecule has 15 heavy (non-hydrogen) atoms. The van der Waals surface area contributed by atoms with Crippen LogP contribution in [0.2, 0.25) is 0 Å². The van der Waals surface area contributed by atoms with Crippen molar-refractivity contribution in [3.63, 3.8) is 0 Å². The van der Waals surface area contributed by atoms with Crippen molar-refractivity contribution >= 4 is 0 Å². The zero-order valence-corrected chi connectivity index (χ0v) is 10.7. The van der Waals surface area contributed by atoms with E-state index in [-0.39, 0.29) is 5.41 Å². The average molecular weight is 210 g/mol. The molecule has 3 saturated carbocycles. The van der Waals surface area contributed by atoms with Crippen molar-refractivity contribution in [2.24, 2.45) is 23.2 Å². The van der Waals surface area contributed by atoms with Gasteiger partial charge in [-0.25, -0.2) is 0 Å². The van der Waals surface area contributed by atoms with Crippen LogP contribution in [0.3, 0.4) is 0 Å². The highest BCUT2D eigenvalue weighted by molar-refractivity contribution is 4.85. The van der Waals surface area contributed by atoms with E-state index in [9.17, 15) is 0 Å². The number of fused-ring (bicyclic) bond motifs is 5. The summed E-state index contributed by atoms with van der Waals surface area (Å²) in [7, 11) is 0. The molecule has 3 atom stereocenters. The Kier molecular flexibility index (Phi) is 2.71. The van der Waals surface area contributed by atoms with Crippen molar-refractivity contribution in [3.05, 3.63) is 0 Å². The summed E-state index contributed by atoms with van der Waals surface area (Å²) in [5.41, 5.74) is -0.225. The standard InChI is InChI=1S/C15H28/c1-15(2,3)11-14-10-12-6-4-5-7-13(14)9-8-12/h12-14H,4-11H2,1-3H3/i11D2. The summed E-state index contributed by atoms with van der Waals surface area (Å²) in [5.74, 6) is 1.77. The van der Waals surface area contributed by atoms with Crippen LogP contribution in [0.5, 0.6) is 0 Å². The molecule has 0 radical (unpaired) electrons. The second-order valence-electron chi connectivity index (χ2n) is 6.72. The van der Waals surface area contributed by atoms with Crippen LogP contribution in [0.1, 0.15) is 74.8 Å². The lowest BCUT2D eigenvalue weighted by atomic mass is 9.64. The molecule has 0 amide bonds. The van der Waals surface area contributed by atoms with Crippen molar-refractivity contribution in [1.82, 2.24) is 0 Å². The molecule has 0 N–H and O–H groups in total. The third-order valence-electron chi connectivity index (χ3n) is 4.16. The molecule has 3 aliphatic carbocycles. The molecule has 3 fully saturated rings. The van der Waals surface area contributed by atoms with Crippen LogP contribution in [-0.4, -0.2) is 0 Å². The molecular formula is C15H28. The first kappa shape index (κ1) is 9.07. The van der Waals surface area contributed by atoms with E-state index < -0.39 is 6.37 Å². The lowest BCUT2D eigenvalue weighted by molar-refractivity contribution is 0.101. The summed E-state index contributed by atoms with van der Waals surface area (Å²) in [6.07, 6.45) is 8.12. The second kappa shape index (κ2) is 4.47. The highest BCUT2D eigenvalue weighted by Crippen LogP contribution is 2.45. The minimum Gasteiger partial charge on any atom is -0.0602 e. The molecule has 3 aliphatic rings. The summed E-state index contributed by atoms with van der Waals surface area (Å²) in [5, 5.41) is 0. The number of hydrogen-bond acceptors (Lipinski definition) is 0. The summed E-state index contributed by atoms with van der Waals surface area (Å²) >= 11 is 0. The maximum atomic E-state index is 8.56. The Morgan fingerprint density at radius 1 is 1.07 bits per heavy atom. The Morgan fingerprint density at radius 3 is 2.53 bits per heavy atom. The Labute approximate surface area is 98.6 Å². The van der Waals surface area contributed by atoms with Crippen LogP contribution in [0.15, 0.2) is 0 Å². The van der Waals surface area contributed by atoms with E-state index in [0.717, 1.165) is 12.3 Å². The van der Waals surface area contributed by atoms with Gasteiger partial charge in [-0.2, -0.15) is 0 Å². The van der Waals surface area contributed by atoms with Crippen molar-refractivity contribution in [1.29, 1.82) is 0 Å². The zero-order valence-electron chi connectivity index (χ0n) is 12.7. The van der Waals surface area contributed by atoms with Gasteiger partial charge in [0.25, 0.3) is 0 Å². The first-order valence-electron chi connectivity index (χ1n) is 7.82. The smallest absolute Gasteiger partial charge is 0.0275 e. The van der Waals surface area contributed by atoms with Crippen LogP contribution in [-0.2, 0) is 0 Å². The van der Waals surface area contributed by atoms with E-state index in [1.54, 1.807) is 0 Å². The molecule has 0 heteroatoms. The van der Waals surface area contributed by atoms with Gasteiger partial charge < -0.3 is 0 Å². The SMILES string of the molecule is [2H]C([2H])(C1CC2CCCCC1CC2)C(C)(C)C. The molecule has 2 bridgehead atoms. The predicted molar refractivity (Wildman–Crippen MR) is 66.9 cm³/mol. The van der Waals surface area contributed by atoms with Crippen LogP contribution in [0.25, 0.3) is 0 Å². The zero-order chi connectivity index (χ0) is 12.7. The van der Waals surface area contributed by atoms with E-state index in [1.165, 1.54) is 38.5 Å². The van der Waals surface area contributed by atoms with Gasteiger partial charge in [0.15, 0.2) is 0 Å². The summed E-state index contributed by atoms with van der Waals surface area (Å²) in [6.45, 7) is 6.21. The predicted octanol–water partition coefficient (Wildman–Crippen LogP) is 5.03. The molecule has 3 unspecified atom stereocenters. The van der Waals surface area contributed by atoms with Gasteiger partial charge in [-0.15, -0.1) is 0 Å². The Hall–Kier alpha value is 0. The van der Waals surface area contributed by atoms with E-state index in [1.807, 2.05) is 0 Å². The van der Waals surface area contributed by atoms with Gasteiger partial charge in [0.2, 0.25) is 0 Å². The number of rotatable bonds is 1. The van der Waals surface area contributed by atoms with E-state index in [2.05, 4.69) is 20.8 Å². The molecular weight excluding hydrogens is 180 g/mol. The second-order valence-corrected chi connectivity index (χ2v) is 6.72.